The highest BCUT2D eigenvalue weighted by molar-refractivity contribution is 6.23. The van der Waals surface area contributed by atoms with Crippen LogP contribution in [0.3, 0.4) is 0 Å². The highest BCUT2D eigenvalue weighted by Crippen LogP contribution is 2.37. The molecule has 2 nitrogen and oxygen atoms in total. The standard InChI is InChI=1S/C24H20N2/c1-16(2)24-25-22-20-14-8-6-12-18(20)19-13-7-9-15-21(19)23(22)26(24)17-10-4-3-5-11-17/h3-16H,1-2H3. The van der Waals surface area contributed by atoms with Crippen LogP contribution in [0.15, 0.2) is 78.9 Å². The molecule has 0 unspecified atom stereocenters. The van der Waals surface area contributed by atoms with Gasteiger partial charge in [0.05, 0.1) is 11.0 Å². The highest BCUT2D eigenvalue weighted by Gasteiger charge is 2.19. The maximum Gasteiger partial charge on any atom is 0.117 e. The van der Waals surface area contributed by atoms with Crippen LogP contribution in [0.4, 0.5) is 0 Å². The number of imidazole rings is 1. The minimum Gasteiger partial charge on any atom is -0.295 e. The lowest BCUT2D eigenvalue weighted by Gasteiger charge is -2.13. The molecule has 1 heterocycles. The molecule has 0 saturated carbocycles. The second kappa shape index (κ2) is 5.70. The molecule has 1 aromatic heterocycles. The Balaban J connectivity index is 2.09. The second-order valence-electron chi connectivity index (χ2n) is 7.08. The molecule has 0 aliphatic rings. The molecule has 5 aromatic rings. The smallest absolute Gasteiger partial charge is 0.117 e. The minimum absolute atomic E-state index is 0.333. The molecule has 0 radical (unpaired) electrons. The van der Waals surface area contributed by atoms with Gasteiger partial charge >= 0.3 is 0 Å². The van der Waals surface area contributed by atoms with Gasteiger partial charge in [0.15, 0.2) is 0 Å². The molecule has 0 aliphatic heterocycles. The third-order valence-corrected chi connectivity index (χ3v) is 5.09. The van der Waals surface area contributed by atoms with E-state index in [0.717, 1.165) is 11.3 Å². The van der Waals surface area contributed by atoms with Crippen LogP contribution in [0.5, 0.6) is 0 Å². The van der Waals surface area contributed by atoms with Gasteiger partial charge in [0.1, 0.15) is 5.82 Å². The lowest BCUT2D eigenvalue weighted by Crippen LogP contribution is -2.03. The molecule has 0 N–H and O–H groups in total. The summed E-state index contributed by atoms with van der Waals surface area (Å²) in [6.07, 6.45) is 0. The fraction of sp³-hybridized carbons (Fsp3) is 0.125. The van der Waals surface area contributed by atoms with Gasteiger partial charge in [-0.2, -0.15) is 0 Å². The number of hydrogen-bond acceptors (Lipinski definition) is 1. The third-order valence-electron chi connectivity index (χ3n) is 5.09. The van der Waals surface area contributed by atoms with Gasteiger partial charge < -0.3 is 0 Å². The number of para-hydroxylation sites is 1. The van der Waals surface area contributed by atoms with Gasteiger partial charge in [-0.25, -0.2) is 4.98 Å². The van der Waals surface area contributed by atoms with Crippen LogP contribution >= 0.6 is 0 Å². The van der Waals surface area contributed by atoms with Crippen LogP contribution < -0.4 is 0 Å². The van der Waals surface area contributed by atoms with Crippen LogP contribution in [0, 0.1) is 0 Å². The predicted octanol–water partition coefficient (Wildman–Crippen LogP) is 6.46. The number of aromatic nitrogens is 2. The number of fused-ring (bicyclic) bond motifs is 6. The topological polar surface area (TPSA) is 17.8 Å². The van der Waals surface area contributed by atoms with Crippen molar-refractivity contribution in [1.82, 2.24) is 9.55 Å². The van der Waals surface area contributed by atoms with Crippen LogP contribution in [0.1, 0.15) is 25.6 Å². The third kappa shape index (κ3) is 2.08. The van der Waals surface area contributed by atoms with Crippen molar-refractivity contribution in [3.05, 3.63) is 84.7 Å². The summed E-state index contributed by atoms with van der Waals surface area (Å²) >= 11 is 0. The predicted molar refractivity (Wildman–Crippen MR) is 110 cm³/mol. The Morgan fingerprint density at radius 3 is 1.85 bits per heavy atom. The Labute approximate surface area is 152 Å². The maximum absolute atomic E-state index is 5.13. The monoisotopic (exact) mass is 336 g/mol. The largest absolute Gasteiger partial charge is 0.295 e. The summed E-state index contributed by atoms with van der Waals surface area (Å²) in [7, 11) is 0. The summed E-state index contributed by atoms with van der Waals surface area (Å²) in [6.45, 7) is 4.43. The van der Waals surface area contributed by atoms with E-state index in [1.54, 1.807) is 0 Å². The first kappa shape index (κ1) is 15.2. The lowest BCUT2D eigenvalue weighted by atomic mass is 10.00. The second-order valence-corrected chi connectivity index (χ2v) is 7.08. The molecule has 0 saturated heterocycles. The Bertz CT molecular complexity index is 1250. The zero-order valence-corrected chi connectivity index (χ0v) is 15.0. The van der Waals surface area contributed by atoms with Crippen molar-refractivity contribution in [3.63, 3.8) is 0 Å². The van der Waals surface area contributed by atoms with Gasteiger partial charge in [-0.1, -0.05) is 80.6 Å². The molecule has 126 valence electrons. The van der Waals surface area contributed by atoms with E-state index < -0.39 is 0 Å². The SMILES string of the molecule is CC(C)c1nc2c3ccccc3c3ccccc3c2n1-c1ccccc1. The van der Waals surface area contributed by atoms with Crippen LogP contribution in [0.25, 0.3) is 38.3 Å². The van der Waals surface area contributed by atoms with E-state index in [9.17, 15) is 0 Å². The molecule has 2 heteroatoms. The van der Waals surface area contributed by atoms with E-state index in [4.69, 9.17) is 4.98 Å². The summed E-state index contributed by atoms with van der Waals surface area (Å²) < 4.78 is 2.34. The molecule has 26 heavy (non-hydrogen) atoms. The van der Waals surface area contributed by atoms with Crippen molar-refractivity contribution in [2.45, 2.75) is 19.8 Å². The number of rotatable bonds is 2. The Hall–Kier alpha value is -3.13. The lowest BCUT2D eigenvalue weighted by molar-refractivity contribution is 0.760. The van der Waals surface area contributed by atoms with Crippen LogP contribution in [-0.2, 0) is 0 Å². The maximum atomic E-state index is 5.13. The quantitative estimate of drug-likeness (QED) is 0.338. The van der Waals surface area contributed by atoms with Crippen molar-refractivity contribution in [1.29, 1.82) is 0 Å². The van der Waals surface area contributed by atoms with E-state index in [1.807, 2.05) is 0 Å². The summed E-state index contributed by atoms with van der Waals surface area (Å²) in [5, 5.41) is 5.02. The first-order valence-corrected chi connectivity index (χ1v) is 9.13. The molecular weight excluding hydrogens is 316 g/mol. The van der Waals surface area contributed by atoms with Crippen molar-refractivity contribution in [3.8, 4) is 5.69 Å². The van der Waals surface area contributed by atoms with Gasteiger partial charge in [0.25, 0.3) is 0 Å². The van der Waals surface area contributed by atoms with E-state index >= 15 is 0 Å². The van der Waals surface area contributed by atoms with E-state index in [2.05, 4.69) is 97.3 Å². The summed E-state index contributed by atoms with van der Waals surface area (Å²) in [5.74, 6) is 1.44. The summed E-state index contributed by atoms with van der Waals surface area (Å²) in [5.41, 5.74) is 3.46. The molecule has 0 fully saturated rings. The number of hydrogen-bond donors (Lipinski definition) is 0. The normalized spacial score (nSPS) is 11.8. The zero-order valence-electron chi connectivity index (χ0n) is 15.0. The Morgan fingerprint density at radius 2 is 1.19 bits per heavy atom. The summed E-state index contributed by atoms with van der Waals surface area (Å²) in [6, 6.07) is 27.8. The first-order valence-electron chi connectivity index (χ1n) is 9.13. The Kier molecular flexibility index (Phi) is 3.32. The van der Waals surface area contributed by atoms with Gasteiger partial charge in [-0.15, -0.1) is 0 Å². The van der Waals surface area contributed by atoms with Crippen LogP contribution in [-0.4, -0.2) is 9.55 Å². The fourth-order valence-electron chi connectivity index (χ4n) is 3.95. The van der Waals surface area contributed by atoms with Crippen molar-refractivity contribution < 1.29 is 0 Å². The molecule has 0 bridgehead atoms. The first-order chi connectivity index (χ1) is 12.8. The zero-order chi connectivity index (χ0) is 17.7. The molecule has 0 atom stereocenters. The average Bonchev–Trinajstić information content (AvgIpc) is 3.10. The molecule has 5 rings (SSSR count). The molecular formula is C24H20N2. The van der Waals surface area contributed by atoms with Crippen LogP contribution in [0.2, 0.25) is 0 Å². The molecule has 0 aliphatic carbocycles. The fourth-order valence-corrected chi connectivity index (χ4v) is 3.95. The number of benzene rings is 4. The van der Waals surface area contributed by atoms with Gasteiger partial charge in [-0.05, 0) is 22.9 Å². The van der Waals surface area contributed by atoms with Crippen molar-refractivity contribution >= 4 is 32.6 Å². The highest BCUT2D eigenvalue weighted by atomic mass is 15.1. The molecule has 0 amide bonds. The molecule has 0 spiro atoms. The minimum atomic E-state index is 0.333. The summed E-state index contributed by atoms with van der Waals surface area (Å²) in [4.78, 5) is 5.13. The average molecular weight is 336 g/mol. The van der Waals surface area contributed by atoms with Gasteiger partial charge in [0, 0.05) is 22.4 Å². The van der Waals surface area contributed by atoms with Crippen molar-refractivity contribution in [2.24, 2.45) is 0 Å². The van der Waals surface area contributed by atoms with Gasteiger partial charge in [-0.3, -0.25) is 4.57 Å². The van der Waals surface area contributed by atoms with Crippen molar-refractivity contribution in [2.75, 3.05) is 0 Å². The van der Waals surface area contributed by atoms with E-state index in [1.165, 1.54) is 32.7 Å². The van der Waals surface area contributed by atoms with Gasteiger partial charge in [0.2, 0.25) is 0 Å². The van der Waals surface area contributed by atoms with E-state index in [-0.39, 0.29) is 0 Å². The Morgan fingerprint density at radius 1 is 0.654 bits per heavy atom. The number of nitrogens with zero attached hydrogens (tertiary/aromatic N) is 2. The molecule has 4 aromatic carbocycles. The van der Waals surface area contributed by atoms with E-state index in [0.29, 0.717) is 5.92 Å².